The van der Waals surface area contributed by atoms with Crippen LogP contribution < -0.4 is 10.6 Å². The average molecular weight is 282 g/mol. The Morgan fingerprint density at radius 1 is 1.41 bits per heavy atom. The van der Waals surface area contributed by atoms with Crippen molar-refractivity contribution in [1.29, 1.82) is 0 Å². The van der Waals surface area contributed by atoms with E-state index >= 15 is 0 Å². The second kappa shape index (κ2) is 7.42. The standard InChI is InChI=1S/C10H12FN3O.2ClH/c11-7-5-9(13-6-7)10(15)14-8-1-3-12-4-2-8;;/h1-4,7,9,13H,5-6H2,(H,12,14,15);2*1H/t7-,9+;;/m0../s1. The van der Waals surface area contributed by atoms with Gasteiger partial charge >= 0.3 is 0 Å². The normalized spacial score (nSPS) is 22.2. The molecule has 2 heterocycles. The summed E-state index contributed by atoms with van der Waals surface area (Å²) in [4.78, 5) is 15.4. The van der Waals surface area contributed by atoms with E-state index in [4.69, 9.17) is 0 Å². The number of aromatic nitrogens is 1. The summed E-state index contributed by atoms with van der Waals surface area (Å²) in [6.07, 6.45) is 2.51. The molecule has 2 rings (SSSR count). The van der Waals surface area contributed by atoms with Gasteiger partial charge in [0, 0.05) is 31.0 Å². The van der Waals surface area contributed by atoms with Gasteiger partial charge in [0.15, 0.2) is 0 Å². The molecule has 4 nitrogen and oxygen atoms in total. The molecule has 0 aliphatic carbocycles. The van der Waals surface area contributed by atoms with Crippen molar-refractivity contribution >= 4 is 36.4 Å². The Kier molecular flexibility index (Phi) is 7.03. The van der Waals surface area contributed by atoms with Crippen LogP contribution in [-0.2, 0) is 4.79 Å². The molecule has 17 heavy (non-hydrogen) atoms. The molecular formula is C10H14Cl2FN3O. The SMILES string of the molecule is Cl.Cl.O=C(Nc1ccncc1)[C@H]1C[C@H](F)CN1. The fourth-order valence-corrected chi connectivity index (χ4v) is 1.56. The number of nitrogens with zero attached hydrogens (tertiary/aromatic N) is 1. The summed E-state index contributed by atoms with van der Waals surface area (Å²) >= 11 is 0. The molecule has 2 atom stereocenters. The number of pyridine rings is 1. The molecule has 0 unspecified atom stereocenters. The van der Waals surface area contributed by atoms with Crippen LogP contribution in [0.3, 0.4) is 0 Å². The van der Waals surface area contributed by atoms with Gasteiger partial charge in [0.25, 0.3) is 0 Å². The third-order valence-electron chi connectivity index (χ3n) is 2.34. The second-order valence-electron chi connectivity index (χ2n) is 3.52. The van der Waals surface area contributed by atoms with Crippen molar-refractivity contribution in [3.05, 3.63) is 24.5 Å². The number of amides is 1. The number of halogens is 3. The van der Waals surface area contributed by atoms with Crippen LogP contribution in [0.15, 0.2) is 24.5 Å². The quantitative estimate of drug-likeness (QED) is 0.865. The van der Waals surface area contributed by atoms with Crippen LogP contribution in [0.4, 0.5) is 10.1 Å². The van der Waals surface area contributed by atoms with E-state index in [9.17, 15) is 9.18 Å². The summed E-state index contributed by atoms with van der Waals surface area (Å²) in [7, 11) is 0. The molecular weight excluding hydrogens is 268 g/mol. The molecule has 1 aromatic rings. The number of hydrogen-bond donors (Lipinski definition) is 2. The van der Waals surface area contributed by atoms with Crippen molar-refractivity contribution in [3.63, 3.8) is 0 Å². The number of carbonyl (C=O) groups is 1. The minimum absolute atomic E-state index is 0. The van der Waals surface area contributed by atoms with Crippen LogP contribution >= 0.6 is 24.8 Å². The lowest BCUT2D eigenvalue weighted by Crippen LogP contribution is -2.35. The number of carbonyl (C=O) groups excluding carboxylic acids is 1. The third-order valence-corrected chi connectivity index (χ3v) is 2.34. The van der Waals surface area contributed by atoms with Crippen LogP contribution in [-0.4, -0.2) is 29.6 Å². The van der Waals surface area contributed by atoms with Gasteiger partial charge in [-0.25, -0.2) is 4.39 Å². The Bertz CT molecular complexity index is 353. The zero-order chi connectivity index (χ0) is 10.7. The first-order valence-corrected chi connectivity index (χ1v) is 4.84. The maximum absolute atomic E-state index is 12.8. The summed E-state index contributed by atoms with van der Waals surface area (Å²) in [6, 6.07) is 2.97. The molecule has 0 spiro atoms. The highest BCUT2D eigenvalue weighted by Gasteiger charge is 2.28. The lowest BCUT2D eigenvalue weighted by Gasteiger charge is -2.10. The summed E-state index contributed by atoms with van der Waals surface area (Å²) in [6.45, 7) is 0.258. The highest BCUT2D eigenvalue weighted by atomic mass is 35.5. The van der Waals surface area contributed by atoms with Crippen molar-refractivity contribution < 1.29 is 9.18 Å². The minimum atomic E-state index is -0.918. The zero-order valence-corrected chi connectivity index (χ0v) is 10.6. The molecule has 0 bridgehead atoms. The van der Waals surface area contributed by atoms with Gasteiger partial charge in [0.05, 0.1) is 6.04 Å². The number of nitrogens with one attached hydrogen (secondary N) is 2. The smallest absolute Gasteiger partial charge is 0.241 e. The number of rotatable bonds is 2. The van der Waals surface area contributed by atoms with Crippen LogP contribution in [0.25, 0.3) is 0 Å². The first-order chi connectivity index (χ1) is 7.25. The molecule has 0 aromatic carbocycles. The van der Waals surface area contributed by atoms with Gasteiger partial charge in [-0.05, 0) is 12.1 Å². The van der Waals surface area contributed by atoms with Crippen LogP contribution in [0.5, 0.6) is 0 Å². The van der Waals surface area contributed by atoms with Crippen molar-refractivity contribution in [2.75, 3.05) is 11.9 Å². The molecule has 7 heteroatoms. The van der Waals surface area contributed by atoms with Gasteiger partial charge in [-0.1, -0.05) is 0 Å². The Balaban J connectivity index is 0.00000128. The molecule has 1 aromatic heterocycles. The average Bonchev–Trinajstić information content (AvgIpc) is 2.66. The lowest BCUT2D eigenvalue weighted by atomic mass is 10.2. The van der Waals surface area contributed by atoms with Crippen LogP contribution in [0.1, 0.15) is 6.42 Å². The molecule has 1 aliphatic rings. The third kappa shape index (κ3) is 4.46. The van der Waals surface area contributed by atoms with Gasteiger partial charge in [-0.2, -0.15) is 0 Å². The Morgan fingerprint density at radius 2 is 2.06 bits per heavy atom. The second-order valence-corrected chi connectivity index (χ2v) is 3.52. The lowest BCUT2D eigenvalue weighted by molar-refractivity contribution is -0.117. The predicted octanol–water partition coefficient (Wildman–Crippen LogP) is 1.56. The van der Waals surface area contributed by atoms with E-state index in [-0.39, 0.29) is 43.7 Å². The predicted molar refractivity (Wildman–Crippen MR) is 68.7 cm³/mol. The fraction of sp³-hybridized carbons (Fsp3) is 0.400. The fourth-order valence-electron chi connectivity index (χ4n) is 1.56. The van der Waals surface area contributed by atoms with Crippen molar-refractivity contribution in [3.8, 4) is 0 Å². The number of alkyl halides is 1. The van der Waals surface area contributed by atoms with E-state index in [1.54, 1.807) is 24.5 Å². The Hall–Kier alpha value is -0.910. The van der Waals surface area contributed by atoms with Crippen molar-refractivity contribution in [1.82, 2.24) is 10.3 Å². The van der Waals surface area contributed by atoms with E-state index in [0.29, 0.717) is 5.69 Å². The molecule has 1 fully saturated rings. The Labute approximate surface area is 111 Å². The number of hydrogen-bond acceptors (Lipinski definition) is 3. The van der Waals surface area contributed by atoms with Gasteiger partial charge in [-0.15, -0.1) is 24.8 Å². The monoisotopic (exact) mass is 281 g/mol. The zero-order valence-electron chi connectivity index (χ0n) is 8.93. The minimum Gasteiger partial charge on any atom is -0.325 e. The summed E-state index contributed by atoms with van der Waals surface area (Å²) in [5.74, 6) is -0.193. The van der Waals surface area contributed by atoms with Crippen LogP contribution in [0, 0.1) is 0 Å². The van der Waals surface area contributed by atoms with Crippen molar-refractivity contribution in [2.24, 2.45) is 0 Å². The van der Waals surface area contributed by atoms with Gasteiger partial charge < -0.3 is 10.6 Å². The van der Waals surface area contributed by atoms with Gasteiger partial charge in [0.1, 0.15) is 6.17 Å². The molecule has 0 saturated carbocycles. The summed E-state index contributed by atoms with van der Waals surface area (Å²) in [5, 5.41) is 5.52. The van der Waals surface area contributed by atoms with Gasteiger partial charge in [-0.3, -0.25) is 9.78 Å². The maximum Gasteiger partial charge on any atom is 0.241 e. The van der Waals surface area contributed by atoms with Gasteiger partial charge in [0.2, 0.25) is 5.91 Å². The molecule has 0 radical (unpaired) electrons. The van der Waals surface area contributed by atoms with E-state index in [2.05, 4.69) is 15.6 Å². The molecule has 96 valence electrons. The highest BCUT2D eigenvalue weighted by molar-refractivity contribution is 5.95. The summed E-state index contributed by atoms with van der Waals surface area (Å²) < 4.78 is 12.8. The molecule has 1 amide bonds. The number of anilines is 1. The van der Waals surface area contributed by atoms with Crippen molar-refractivity contribution in [2.45, 2.75) is 18.6 Å². The molecule has 2 N–H and O–H groups in total. The summed E-state index contributed by atoms with van der Waals surface area (Å²) in [5.41, 5.74) is 0.680. The molecule has 1 aliphatic heterocycles. The van der Waals surface area contributed by atoms with E-state index in [1.807, 2.05) is 0 Å². The maximum atomic E-state index is 12.8. The van der Waals surface area contributed by atoms with E-state index < -0.39 is 12.2 Å². The topological polar surface area (TPSA) is 54.0 Å². The first kappa shape index (κ1) is 16.1. The highest BCUT2D eigenvalue weighted by Crippen LogP contribution is 2.12. The molecule has 1 saturated heterocycles. The first-order valence-electron chi connectivity index (χ1n) is 4.84. The van der Waals surface area contributed by atoms with Crippen LogP contribution in [0.2, 0.25) is 0 Å². The largest absolute Gasteiger partial charge is 0.325 e. The Morgan fingerprint density at radius 3 is 2.59 bits per heavy atom. The van der Waals surface area contributed by atoms with E-state index in [1.165, 1.54) is 0 Å². The van der Waals surface area contributed by atoms with E-state index in [0.717, 1.165) is 0 Å².